The lowest BCUT2D eigenvalue weighted by Crippen LogP contribution is -2.44. The summed E-state index contributed by atoms with van der Waals surface area (Å²) in [6, 6.07) is 2.36. The summed E-state index contributed by atoms with van der Waals surface area (Å²) in [7, 11) is 4.31. The number of carbonyl (C=O) groups excluding carboxylic acids is 4. The average molecular weight is 687 g/mol. The van der Waals surface area contributed by atoms with Gasteiger partial charge in [0.05, 0.1) is 19.2 Å². The molecule has 1 aromatic carbocycles. The van der Waals surface area contributed by atoms with Crippen molar-refractivity contribution < 1.29 is 37.4 Å². The minimum absolute atomic E-state index is 0.0676. The molecule has 2 aromatic heterocycles. The topological polar surface area (TPSA) is 154 Å². The van der Waals surface area contributed by atoms with Gasteiger partial charge in [-0.05, 0) is 63.7 Å². The Hall–Kier alpha value is -5.08. The highest BCUT2D eigenvalue weighted by Gasteiger charge is 2.30. The van der Waals surface area contributed by atoms with E-state index in [1.165, 1.54) is 29.3 Å². The van der Waals surface area contributed by atoms with Gasteiger partial charge < -0.3 is 29.6 Å². The maximum absolute atomic E-state index is 15.4. The van der Waals surface area contributed by atoms with Gasteiger partial charge in [0.1, 0.15) is 34.5 Å². The van der Waals surface area contributed by atoms with Crippen molar-refractivity contribution in [2.75, 3.05) is 26.5 Å². The number of amides is 3. The third-order valence-electron chi connectivity index (χ3n) is 6.99. The molecule has 15 heteroatoms. The normalized spacial score (nSPS) is 12.6. The van der Waals surface area contributed by atoms with Crippen molar-refractivity contribution in [3.8, 4) is 0 Å². The average Bonchev–Trinajstić information content (AvgIpc) is 3.36. The number of anilines is 1. The van der Waals surface area contributed by atoms with Crippen molar-refractivity contribution in [2.24, 2.45) is 5.41 Å². The predicted octanol–water partition coefficient (Wildman–Crippen LogP) is 4.98. The number of ether oxygens (including phenoxy) is 2. The van der Waals surface area contributed by atoms with Crippen LogP contribution in [-0.2, 0) is 32.0 Å². The standard InChI is InChI=1S/C34H44F2N6O7/c1-33(2,3)18-20-21(35)17-22(36)28-27(20)39-25(42(28)32(47)49-34(4,5)6)19-41-16-12-14-24(30(41)45)37-29(44)23(38-31(46)48-9)13-10-11-15-26(43)40(7)8/h11-12,14-17,23H,10,13,18-19H2,1-9H3,(H,37,44)(H,38,46)/b15-11+/t23-/m0/s1. The Labute approximate surface area is 283 Å². The Kier molecular flexibility index (Phi) is 12.1. The fourth-order valence-corrected chi connectivity index (χ4v) is 4.78. The number of pyridine rings is 1. The third kappa shape index (κ3) is 10.2. The van der Waals surface area contributed by atoms with Crippen LogP contribution in [0.5, 0.6) is 0 Å². The molecular weight excluding hydrogens is 642 g/mol. The molecule has 0 bridgehead atoms. The lowest BCUT2D eigenvalue weighted by molar-refractivity contribution is -0.123. The van der Waals surface area contributed by atoms with Crippen LogP contribution in [0, 0.1) is 17.0 Å². The molecule has 13 nitrogen and oxygen atoms in total. The molecule has 2 heterocycles. The van der Waals surface area contributed by atoms with Crippen molar-refractivity contribution in [3.05, 3.63) is 69.9 Å². The zero-order valence-corrected chi connectivity index (χ0v) is 29.3. The molecule has 0 unspecified atom stereocenters. The van der Waals surface area contributed by atoms with Crippen LogP contribution in [-0.4, -0.2) is 75.9 Å². The van der Waals surface area contributed by atoms with E-state index in [0.717, 1.165) is 16.2 Å². The number of nitrogens with zero attached hydrogens (tertiary/aromatic N) is 4. The van der Waals surface area contributed by atoms with E-state index in [4.69, 9.17) is 4.74 Å². The van der Waals surface area contributed by atoms with Crippen LogP contribution in [0.2, 0.25) is 0 Å². The molecule has 2 N–H and O–H groups in total. The largest absolute Gasteiger partial charge is 0.453 e. The molecular formula is C34H44F2N6O7. The van der Waals surface area contributed by atoms with Gasteiger partial charge in [-0.2, -0.15) is 0 Å². The summed E-state index contributed by atoms with van der Waals surface area (Å²) in [5.74, 6) is -2.97. The zero-order valence-electron chi connectivity index (χ0n) is 29.3. The van der Waals surface area contributed by atoms with Gasteiger partial charge >= 0.3 is 12.2 Å². The molecule has 0 spiro atoms. The number of fused-ring (bicyclic) bond motifs is 1. The molecule has 1 atom stereocenters. The van der Waals surface area contributed by atoms with E-state index in [9.17, 15) is 24.0 Å². The van der Waals surface area contributed by atoms with Gasteiger partial charge in [-0.3, -0.25) is 14.4 Å². The first-order chi connectivity index (χ1) is 22.7. The first-order valence-electron chi connectivity index (χ1n) is 15.6. The number of rotatable bonds is 10. The Morgan fingerprint density at radius 3 is 2.35 bits per heavy atom. The minimum Gasteiger partial charge on any atom is -0.453 e. The Morgan fingerprint density at radius 2 is 1.76 bits per heavy atom. The molecule has 0 radical (unpaired) electrons. The number of imidazole rings is 1. The first-order valence-corrected chi connectivity index (χ1v) is 15.6. The van der Waals surface area contributed by atoms with E-state index in [1.807, 2.05) is 20.8 Å². The van der Waals surface area contributed by atoms with Crippen molar-refractivity contribution in [1.29, 1.82) is 0 Å². The number of methoxy groups -OCH3 is 1. The van der Waals surface area contributed by atoms with E-state index < -0.39 is 52.3 Å². The SMILES string of the molecule is COC(=O)N[C@@H](CC/C=C/C(=O)N(C)C)C(=O)Nc1cccn(Cc2nc3c(CC(C)(C)C)c(F)cc(F)c3n2C(=O)OC(C)(C)C)c1=O. The predicted molar refractivity (Wildman–Crippen MR) is 179 cm³/mol. The van der Waals surface area contributed by atoms with Gasteiger partial charge in [-0.25, -0.2) is 27.9 Å². The highest BCUT2D eigenvalue weighted by atomic mass is 19.1. The number of hydrogen-bond acceptors (Lipinski definition) is 8. The second-order valence-corrected chi connectivity index (χ2v) is 13.8. The summed E-state index contributed by atoms with van der Waals surface area (Å²) in [6.07, 6.45) is 2.87. The smallest absolute Gasteiger partial charge is 0.420 e. The highest BCUT2D eigenvalue weighted by molar-refractivity contribution is 5.96. The maximum atomic E-state index is 15.4. The van der Waals surface area contributed by atoms with Crippen molar-refractivity contribution in [1.82, 2.24) is 24.3 Å². The molecule has 0 saturated heterocycles. The molecule has 3 rings (SSSR count). The Morgan fingerprint density at radius 1 is 1.08 bits per heavy atom. The summed E-state index contributed by atoms with van der Waals surface area (Å²) in [4.78, 5) is 70.0. The quantitative estimate of drug-likeness (QED) is 0.283. The molecule has 266 valence electrons. The van der Waals surface area contributed by atoms with Crippen LogP contribution in [0.15, 0.2) is 41.3 Å². The van der Waals surface area contributed by atoms with Gasteiger partial charge in [0.25, 0.3) is 5.56 Å². The summed E-state index contributed by atoms with van der Waals surface area (Å²) in [5, 5.41) is 4.92. The maximum Gasteiger partial charge on any atom is 0.420 e. The van der Waals surface area contributed by atoms with E-state index in [0.29, 0.717) is 6.07 Å². The second kappa shape index (κ2) is 15.4. The number of allylic oxidation sites excluding steroid dienone is 1. The van der Waals surface area contributed by atoms with Crippen molar-refractivity contribution in [3.63, 3.8) is 0 Å². The minimum atomic E-state index is -1.14. The van der Waals surface area contributed by atoms with Gasteiger partial charge in [0, 0.05) is 31.9 Å². The molecule has 0 aliphatic heterocycles. The van der Waals surface area contributed by atoms with Gasteiger partial charge in [0.2, 0.25) is 11.8 Å². The summed E-state index contributed by atoms with van der Waals surface area (Å²) >= 11 is 0. The lowest BCUT2D eigenvalue weighted by Gasteiger charge is -2.21. The van der Waals surface area contributed by atoms with Gasteiger partial charge in [-0.15, -0.1) is 0 Å². The third-order valence-corrected chi connectivity index (χ3v) is 6.99. The van der Waals surface area contributed by atoms with E-state index >= 15 is 8.78 Å². The molecule has 0 saturated carbocycles. The number of hydrogen-bond donors (Lipinski definition) is 2. The number of alkyl carbamates (subject to hydrolysis) is 1. The summed E-state index contributed by atoms with van der Waals surface area (Å²) < 4.78 is 42.8. The van der Waals surface area contributed by atoms with Crippen LogP contribution < -0.4 is 16.2 Å². The molecule has 3 amide bonds. The number of halogens is 2. The van der Waals surface area contributed by atoms with E-state index in [1.54, 1.807) is 40.9 Å². The van der Waals surface area contributed by atoms with Gasteiger partial charge in [-0.1, -0.05) is 26.8 Å². The second-order valence-electron chi connectivity index (χ2n) is 13.8. The van der Waals surface area contributed by atoms with Crippen LogP contribution >= 0.6 is 0 Å². The van der Waals surface area contributed by atoms with Crippen LogP contribution in [0.4, 0.5) is 24.1 Å². The number of carbonyl (C=O) groups is 4. The Balaban J connectivity index is 2.03. The fraction of sp³-hybridized carbons (Fsp3) is 0.471. The lowest BCUT2D eigenvalue weighted by atomic mass is 9.87. The van der Waals surface area contributed by atoms with Crippen molar-refractivity contribution >= 4 is 40.7 Å². The number of likely N-dealkylation sites (N-methyl/N-ethyl adjacent to an activating group) is 1. The van der Waals surface area contributed by atoms with Gasteiger partial charge in [0.15, 0.2) is 5.82 Å². The highest BCUT2D eigenvalue weighted by Crippen LogP contribution is 2.32. The molecule has 3 aromatic rings. The summed E-state index contributed by atoms with van der Waals surface area (Å²) in [6.45, 7) is 10.1. The molecule has 0 aliphatic carbocycles. The molecule has 0 aliphatic rings. The number of aromatic nitrogens is 3. The number of nitrogens with one attached hydrogen (secondary N) is 2. The molecule has 49 heavy (non-hydrogen) atoms. The first kappa shape index (κ1) is 38.4. The number of benzene rings is 1. The van der Waals surface area contributed by atoms with Crippen LogP contribution in [0.25, 0.3) is 11.0 Å². The van der Waals surface area contributed by atoms with Crippen LogP contribution in [0.1, 0.15) is 65.8 Å². The molecule has 0 fully saturated rings. The fourth-order valence-electron chi connectivity index (χ4n) is 4.78. The van der Waals surface area contributed by atoms with Crippen molar-refractivity contribution in [2.45, 2.75) is 79.0 Å². The Bertz CT molecular complexity index is 1820. The van der Waals surface area contributed by atoms with E-state index in [2.05, 4.69) is 20.4 Å². The zero-order chi connectivity index (χ0) is 36.8. The van der Waals surface area contributed by atoms with Crippen LogP contribution in [0.3, 0.4) is 0 Å². The summed E-state index contributed by atoms with van der Waals surface area (Å²) in [5.41, 5.74) is -2.56. The van der Waals surface area contributed by atoms with E-state index in [-0.39, 0.29) is 59.8 Å². The monoisotopic (exact) mass is 686 g/mol.